The van der Waals surface area contributed by atoms with Crippen molar-refractivity contribution in [3.8, 4) is 11.4 Å². The predicted molar refractivity (Wildman–Crippen MR) is 55.0 cm³/mol. The minimum atomic E-state index is -2.83. The van der Waals surface area contributed by atoms with E-state index in [2.05, 4.69) is 36.3 Å². The summed E-state index contributed by atoms with van der Waals surface area (Å²) in [7, 11) is 0. The molecule has 0 radical (unpaired) electrons. The Labute approximate surface area is 102 Å². The van der Waals surface area contributed by atoms with Crippen molar-refractivity contribution in [2.24, 2.45) is 0 Å². The van der Waals surface area contributed by atoms with Crippen molar-refractivity contribution in [1.82, 2.24) is 25.2 Å². The van der Waals surface area contributed by atoms with Gasteiger partial charge in [-0.15, -0.1) is 10.2 Å². The van der Waals surface area contributed by atoms with Crippen LogP contribution in [0.4, 0.5) is 8.78 Å². The smallest absolute Gasteiger partial charge is 0.243 e. The Kier molecular flexibility index (Phi) is 3.10. The second-order valence-electron chi connectivity index (χ2n) is 2.70. The molecule has 9 heteroatoms. The van der Waals surface area contributed by atoms with Crippen LogP contribution in [0.2, 0.25) is 5.15 Å². The molecule has 0 spiro atoms. The third-order valence-electron chi connectivity index (χ3n) is 1.65. The second kappa shape index (κ2) is 4.38. The van der Waals surface area contributed by atoms with E-state index >= 15 is 0 Å². The molecule has 0 aliphatic carbocycles. The van der Waals surface area contributed by atoms with E-state index in [1.54, 1.807) is 6.07 Å². The molecule has 2 heterocycles. The number of tetrazole rings is 1. The highest BCUT2D eigenvalue weighted by atomic mass is 79.9. The molecule has 2 aromatic rings. The molecule has 0 aliphatic rings. The summed E-state index contributed by atoms with van der Waals surface area (Å²) in [5.41, 5.74) is 0.336. The summed E-state index contributed by atoms with van der Waals surface area (Å²) in [6, 6.07) is 1.57. The zero-order valence-electron chi connectivity index (χ0n) is 7.48. The lowest BCUT2D eigenvalue weighted by Gasteiger charge is -1.98. The molecule has 0 aromatic carbocycles. The first-order valence-corrected chi connectivity index (χ1v) is 5.14. The molecule has 0 amide bonds. The highest BCUT2D eigenvalue weighted by Crippen LogP contribution is 2.25. The Morgan fingerprint density at radius 1 is 1.44 bits per heavy atom. The van der Waals surface area contributed by atoms with Crippen molar-refractivity contribution in [2.45, 2.75) is 6.55 Å². The van der Waals surface area contributed by atoms with Gasteiger partial charge in [0.2, 0.25) is 5.82 Å². The Bertz CT molecular complexity index is 517. The van der Waals surface area contributed by atoms with Gasteiger partial charge in [-0.3, -0.25) is 0 Å². The van der Waals surface area contributed by atoms with Crippen LogP contribution in [0.15, 0.2) is 16.7 Å². The van der Waals surface area contributed by atoms with Crippen molar-refractivity contribution >= 4 is 27.5 Å². The monoisotopic (exact) mass is 309 g/mol. The standard InChI is InChI=1S/C7H3BrClF2N5/c8-3-1-4(5(9)12-2-3)6-13-15-16(14-6)7(10)11/h1-2,7H. The molecule has 0 saturated carbocycles. The van der Waals surface area contributed by atoms with Crippen molar-refractivity contribution < 1.29 is 8.78 Å². The third kappa shape index (κ3) is 2.17. The van der Waals surface area contributed by atoms with Gasteiger partial charge in [0, 0.05) is 10.7 Å². The zero-order chi connectivity index (χ0) is 11.7. The molecule has 16 heavy (non-hydrogen) atoms. The topological polar surface area (TPSA) is 56.5 Å². The van der Waals surface area contributed by atoms with Gasteiger partial charge in [0.1, 0.15) is 5.15 Å². The molecule has 84 valence electrons. The number of pyridine rings is 1. The quantitative estimate of drug-likeness (QED) is 0.800. The number of aromatic nitrogens is 5. The summed E-state index contributed by atoms with van der Waals surface area (Å²) in [6.45, 7) is -2.83. The maximum Gasteiger partial charge on any atom is 0.350 e. The molecule has 0 N–H and O–H groups in total. The van der Waals surface area contributed by atoms with Crippen LogP contribution in [0.5, 0.6) is 0 Å². The van der Waals surface area contributed by atoms with E-state index in [1.165, 1.54) is 6.20 Å². The minimum Gasteiger partial charge on any atom is -0.243 e. The first-order chi connectivity index (χ1) is 7.58. The Balaban J connectivity index is 2.46. The van der Waals surface area contributed by atoms with E-state index in [9.17, 15) is 8.78 Å². The van der Waals surface area contributed by atoms with Crippen LogP contribution >= 0.6 is 27.5 Å². The number of hydrogen-bond donors (Lipinski definition) is 0. The molecule has 2 aromatic heterocycles. The lowest BCUT2D eigenvalue weighted by molar-refractivity contribution is 0.0397. The molecule has 0 atom stereocenters. The number of halogens is 4. The van der Waals surface area contributed by atoms with Crippen LogP contribution < -0.4 is 0 Å². The van der Waals surface area contributed by atoms with Gasteiger partial charge < -0.3 is 0 Å². The van der Waals surface area contributed by atoms with Crippen LogP contribution in [0, 0.1) is 0 Å². The van der Waals surface area contributed by atoms with E-state index < -0.39 is 6.55 Å². The fraction of sp³-hybridized carbons (Fsp3) is 0.143. The SMILES string of the molecule is FC(F)n1nnc(-c2cc(Br)cnc2Cl)n1. The average Bonchev–Trinajstić information content (AvgIpc) is 2.70. The van der Waals surface area contributed by atoms with Crippen LogP contribution in [-0.2, 0) is 0 Å². The first-order valence-electron chi connectivity index (χ1n) is 3.97. The van der Waals surface area contributed by atoms with Crippen molar-refractivity contribution in [3.63, 3.8) is 0 Å². The maximum absolute atomic E-state index is 12.2. The minimum absolute atomic E-state index is 0.000833. The van der Waals surface area contributed by atoms with Crippen LogP contribution in [0.1, 0.15) is 6.55 Å². The maximum atomic E-state index is 12.2. The number of alkyl halides is 2. The molecule has 0 unspecified atom stereocenters. The molecule has 5 nitrogen and oxygen atoms in total. The van der Waals surface area contributed by atoms with Gasteiger partial charge in [-0.2, -0.15) is 8.78 Å². The fourth-order valence-corrected chi connectivity index (χ4v) is 1.51. The molecular weight excluding hydrogens is 307 g/mol. The van der Waals surface area contributed by atoms with E-state index in [1.807, 2.05) is 0 Å². The van der Waals surface area contributed by atoms with Crippen molar-refractivity contribution in [2.75, 3.05) is 0 Å². The average molecular weight is 310 g/mol. The lowest BCUT2D eigenvalue weighted by Crippen LogP contribution is -2.02. The molecule has 2 rings (SSSR count). The highest BCUT2D eigenvalue weighted by molar-refractivity contribution is 9.10. The molecule has 0 saturated heterocycles. The van der Waals surface area contributed by atoms with Gasteiger partial charge in [-0.1, -0.05) is 16.4 Å². The summed E-state index contributed by atoms with van der Waals surface area (Å²) in [5, 5.41) is 10.3. The summed E-state index contributed by atoms with van der Waals surface area (Å²) in [4.78, 5) is 4.02. The van der Waals surface area contributed by atoms with E-state index in [4.69, 9.17) is 11.6 Å². The second-order valence-corrected chi connectivity index (χ2v) is 3.98. The van der Waals surface area contributed by atoms with Gasteiger partial charge in [0.25, 0.3) is 0 Å². The molecular formula is C7H3BrClF2N5. The number of rotatable bonds is 2. The van der Waals surface area contributed by atoms with Crippen LogP contribution in [0.25, 0.3) is 11.4 Å². The van der Waals surface area contributed by atoms with E-state index in [0.29, 0.717) is 10.0 Å². The third-order valence-corrected chi connectivity index (χ3v) is 2.38. The zero-order valence-corrected chi connectivity index (χ0v) is 9.82. The summed E-state index contributed by atoms with van der Waals surface area (Å²) < 4.78 is 25.1. The first kappa shape index (κ1) is 11.3. The van der Waals surface area contributed by atoms with Crippen LogP contribution in [-0.4, -0.2) is 25.2 Å². The lowest BCUT2D eigenvalue weighted by atomic mass is 10.3. The summed E-state index contributed by atoms with van der Waals surface area (Å²) in [6.07, 6.45) is 1.48. The van der Waals surface area contributed by atoms with Gasteiger partial charge in [0.15, 0.2) is 0 Å². The highest BCUT2D eigenvalue weighted by Gasteiger charge is 2.15. The Hall–Kier alpha value is -1.15. The van der Waals surface area contributed by atoms with Gasteiger partial charge in [-0.05, 0) is 27.2 Å². The Morgan fingerprint density at radius 3 is 2.81 bits per heavy atom. The molecule has 0 aliphatic heterocycles. The van der Waals surface area contributed by atoms with Gasteiger partial charge in [0.05, 0.1) is 5.56 Å². The fourth-order valence-electron chi connectivity index (χ4n) is 0.995. The Morgan fingerprint density at radius 2 is 2.19 bits per heavy atom. The van der Waals surface area contributed by atoms with E-state index in [0.717, 1.165) is 0 Å². The largest absolute Gasteiger partial charge is 0.350 e. The number of nitrogens with zero attached hydrogens (tertiary/aromatic N) is 5. The van der Waals surface area contributed by atoms with Crippen LogP contribution in [0.3, 0.4) is 0 Å². The number of hydrogen-bond acceptors (Lipinski definition) is 4. The van der Waals surface area contributed by atoms with E-state index in [-0.39, 0.29) is 15.8 Å². The summed E-state index contributed by atoms with van der Waals surface area (Å²) in [5.74, 6) is -0.000833. The molecule has 0 bridgehead atoms. The molecule has 0 fully saturated rings. The van der Waals surface area contributed by atoms with Gasteiger partial charge >= 0.3 is 6.55 Å². The predicted octanol–water partition coefficient (Wildman–Crippen LogP) is 2.55. The van der Waals surface area contributed by atoms with Crippen molar-refractivity contribution in [1.29, 1.82) is 0 Å². The summed E-state index contributed by atoms with van der Waals surface area (Å²) >= 11 is 8.96. The van der Waals surface area contributed by atoms with Gasteiger partial charge in [-0.25, -0.2) is 4.98 Å². The van der Waals surface area contributed by atoms with Crippen molar-refractivity contribution in [3.05, 3.63) is 21.9 Å². The normalized spacial score (nSPS) is 11.1.